The number of carbonyl (C=O) groups is 1. The van der Waals surface area contributed by atoms with E-state index in [1.807, 2.05) is 4.90 Å². The van der Waals surface area contributed by atoms with Crippen LogP contribution in [0.3, 0.4) is 0 Å². The van der Waals surface area contributed by atoms with Crippen LogP contribution in [-0.2, 0) is 9.47 Å². The second kappa shape index (κ2) is 7.04. The number of nitrogens with zero attached hydrogens (tertiary/aromatic N) is 2. The Kier molecular flexibility index (Phi) is 4.75. The molecule has 0 spiro atoms. The zero-order valence-corrected chi connectivity index (χ0v) is 15.3. The maximum absolute atomic E-state index is 14.9. The number of esters is 1. The molecule has 26 heavy (non-hydrogen) atoms. The summed E-state index contributed by atoms with van der Waals surface area (Å²) in [5.41, 5.74) is 1.38. The highest BCUT2D eigenvalue weighted by Gasteiger charge is 2.40. The Hall–Kier alpha value is -1.86. The number of anilines is 2. The monoisotopic (exact) mass is 363 g/mol. The Morgan fingerprint density at radius 1 is 1.35 bits per heavy atom. The van der Waals surface area contributed by atoms with Crippen LogP contribution in [0.25, 0.3) is 0 Å². The molecule has 3 saturated heterocycles. The molecule has 4 rings (SSSR count). The van der Waals surface area contributed by atoms with Crippen LogP contribution >= 0.6 is 0 Å². The number of piperidine rings is 1. The van der Waals surface area contributed by atoms with Crippen molar-refractivity contribution >= 4 is 17.3 Å². The van der Waals surface area contributed by atoms with Crippen LogP contribution in [0.15, 0.2) is 12.1 Å². The molecule has 0 radical (unpaired) electrons. The lowest BCUT2D eigenvalue weighted by molar-refractivity contribution is 0.0601. The van der Waals surface area contributed by atoms with E-state index in [1.165, 1.54) is 13.2 Å². The van der Waals surface area contributed by atoms with Gasteiger partial charge in [0, 0.05) is 18.7 Å². The van der Waals surface area contributed by atoms with Crippen molar-refractivity contribution in [2.45, 2.75) is 37.5 Å². The number of nitrogens with one attached hydrogen (secondary N) is 1. The SMILES string of the molecule is COC(=O)c1cc(N2C[C@@H]3C[C@H]2CO3)c(F)cc1NC1CCN(C)CC1. The predicted octanol–water partition coefficient (Wildman–Crippen LogP) is 2.10. The second-order valence-electron chi connectivity index (χ2n) is 7.56. The minimum atomic E-state index is -0.442. The molecule has 3 heterocycles. The van der Waals surface area contributed by atoms with Crippen molar-refractivity contribution in [3.05, 3.63) is 23.5 Å². The number of carbonyl (C=O) groups excluding carboxylic acids is 1. The first-order valence-corrected chi connectivity index (χ1v) is 9.30. The van der Waals surface area contributed by atoms with Crippen LogP contribution in [0.5, 0.6) is 0 Å². The van der Waals surface area contributed by atoms with Crippen molar-refractivity contribution in [1.82, 2.24) is 4.90 Å². The van der Waals surface area contributed by atoms with E-state index in [1.54, 1.807) is 6.07 Å². The molecule has 1 aromatic rings. The predicted molar refractivity (Wildman–Crippen MR) is 97.4 cm³/mol. The molecular formula is C19H26FN3O3. The zero-order valence-electron chi connectivity index (χ0n) is 15.3. The lowest BCUT2D eigenvalue weighted by Gasteiger charge is -2.32. The number of halogens is 1. The lowest BCUT2D eigenvalue weighted by atomic mass is 10.0. The summed E-state index contributed by atoms with van der Waals surface area (Å²) < 4.78 is 25.5. The number of morpholine rings is 1. The number of fused-ring (bicyclic) bond motifs is 2. The Morgan fingerprint density at radius 2 is 2.12 bits per heavy atom. The summed E-state index contributed by atoms with van der Waals surface area (Å²) in [6.07, 6.45) is 3.02. The molecule has 3 aliphatic rings. The molecule has 6 nitrogen and oxygen atoms in total. The van der Waals surface area contributed by atoms with E-state index in [0.29, 0.717) is 30.1 Å². The molecular weight excluding hydrogens is 337 g/mol. The zero-order chi connectivity index (χ0) is 18.3. The summed E-state index contributed by atoms with van der Waals surface area (Å²) in [6, 6.07) is 3.51. The molecule has 3 fully saturated rings. The van der Waals surface area contributed by atoms with E-state index in [0.717, 1.165) is 32.4 Å². The van der Waals surface area contributed by atoms with Crippen molar-refractivity contribution in [3.63, 3.8) is 0 Å². The van der Waals surface area contributed by atoms with Crippen molar-refractivity contribution < 1.29 is 18.7 Å². The molecule has 1 aromatic carbocycles. The molecule has 0 amide bonds. The Bertz CT molecular complexity index is 691. The van der Waals surface area contributed by atoms with Gasteiger partial charge in [0.25, 0.3) is 0 Å². The first kappa shape index (κ1) is 17.5. The van der Waals surface area contributed by atoms with Crippen LogP contribution in [0.4, 0.5) is 15.8 Å². The third-order valence-electron chi connectivity index (χ3n) is 5.78. The van der Waals surface area contributed by atoms with Gasteiger partial charge in [0.05, 0.1) is 42.8 Å². The van der Waals surface area contributed by atoms with Crippen molar-refractivity contribution in [2.75, 3.05) is 50.6 Å². The standard InChI is InChI=1S/C19H26FN3O3/c1-22-5-3-12(4-6-22)21-17-9-16(20)18(8-15(17)19(24)25-2)23-10-14-7-13(23)11-26-14/h8-9,12-14,21H,3-7,10-11H2,1-2H3/t13-,14-/m0/s1. The van der Waals surface area contributed by atoms with E-state index >= 15 is 0 Å². The second-order valence-corrected chi connectivity index (χ2v) is 7.56. The molecule has 3 aliphatic heterocycles. The van der Waals surface area contributed by atoms with Gasteiger partial charge in [0.15, 0.2) is 0 Å². The van der Waals surface area contributed by atoms with Gasteiger partial charge >= 0.3 is 5.97 Å². The van der Waals surface area contributed by atoms with Gasteiger partial charge in [-0.1, -0.05) is 0 Å². The first-order chi connectivity index (χ1) is 12.5. The van der Waals surface area contributed by atoms with Crippen molar-refractivity contribution in [2.24, 2.45) is 0 Å². The fourth-order valence-corrected chi connectivity index (χ4v) is 4.25. The van der Waals surface area contributed by atoms with Crippen LogP contribution in [0.1, 0.15) is 29.6 Å². The van der Waals surface area contributed by atoms with Gasteiger partial charge < -0.3 is 24.6 Å². The molecule has 2 atom stereocenters. The highest BCUT2D eigenvalue weighted by molar-refractivity contribution is 5.97. The molecule has 2 bridgehead atoms. The quantitative estimate of drug-likeness (QED) is 0.827. The minimum Gasteiger partial charge on any atom is -0.465 e. The molecule has 1 N–H and O–H groups in total. The van der Waals surface area contributed by atoms with Crippen LogP contribution < -0.4 is 10.2 Å². The summed E-state index contributed by atoms with van der Waals surface area (Å²) in [6.45, 7) is 3.27. The van der Waals surface area contributed by atoms with Gasteiger partial charge in [-0.2, -0.15) is 0 Å². The smallest absolute Gasteiger partial charge is 0.340 e. The molecule has 0 saturated carbocycles. The van der Waals surface area contributed by atoms with Gasteiger partial charge in [-0.15, -0.1) is 0 Å². The minimum absolute atomic E-state index is 0.165. The summed E-state index contributed by atoms with van der Waals surface area (Å²) in [4.78, 5) is 16.6. The van der Waals surface area contributed by atoms with E-state index in [2.05, 4.69) is 17.3 Å². The number of benzene rings is 1. The number of ether oxygens (including phenoxy) is 2. The van der Waals surface area contributed by atoms with Gasteiger partial charge in [-0.3, -0.25) is 0 Å². The number of hydrogen-bond acceptors (Lipinski definition) is 6. The largest absolute Gasteiger partial charge is 0.465 e. The number of methoxy groups -OCH3 is 1. The number of rotatable bonds is 4. The fourth-order valence-electron chi connectivity index (χ4n) is 4.25. The third kappa shape index (κ3) is 3.25. The lowest BCUT2D eigenvalue weighted by Crippen LogP contribution is -2.38. The van der Waals surface area contributed by atoms with Gasteiger partial charge in [-0.25, -0.2) is 9.18 Å². The highest BCUT2D eigenvalue weighted by Crippen LogP contribution is 2.36. The number of hydrogen-bond donors (Lipinski definition) is 1. The van der Waals surface area contributed by atoms with E-state index in [9.17, 15) is 9.18 Å². The van der Waals surface area contributed by atoms with E-state index < -0.39 is 5.97 Å². The highest BCUT2D eigenvalue weighted by atomic mass is 19.1. The number of likely N-dealkylation sites (tertiary alicyclic amines) is 1. The molecule has 0 aliphatic carbocycles. The average molecular weight is 363 g/mol. The summed E-state index contributed by atoms with van der Waals surface area (Å²) in [5.74, 6) is -0.747. The van der Waals surface area contributed by atoms with Crippen LogP contribution in [0.2, 0.25) is 0 Å². The summed E-state index contributed by atoms with van der Waals surface area (Å²) in [5, 5.41) is 3.37. The maximum atomic E-state index is 14.9. The van der Waals surface area contributed by atoms with E-state index in [4.69, 9.17) is 9.47 Å². The summed E-state index contributed by atoms with van der Waals surface area (Å²) in [7, 11) is 3.45. The molecule has 0 aromatic heterocycles. The molecule has 7 heteroatoms. The average Bonchev–Trinajstić information content (AvgIpc) is 3.26. The van der Waals surface area contributed by atoms with Crippen molar-refractivity contribution in [1.29, 1.82) is 0 Å². The Balaban J connectivity index is 1.61. The Morgan fingerprint density at radius 3 is 2.73 bits per heavy atom. The summed E-state index contributed by atoms with van der Waals surface area (Å²) >= 11 is 0. The first-order valence-electron chi connectivity index (χ1n) is 9.30. The van der Waals surface area contributed by atoms with Crippen molar-refractivity contribution in [3.8, 4) is 0 Å². The topological polar surface area (TPSA) is 54.0 Å². The maximum Gasteiger partial charge on any atom is 0.340 e. The third-order valence-corrected chi connectivity index (χ3v) is 5.78. The molecule has 142 valence electrons. The van der Waals surface area contributed by atoms with Gasteiger partial charge in [-0.05, 0) is 45.5 Å². The fraction of sp³-hybridized carbons (Fsp3) is 0.632. The Labute approximate surface area is 153 Å². The molecule has 0 unspecified atom stereocenters. The van der Waals surface area contributed by atoms with Gasteiger partial charge in [0.2, 0.25) is 0 Å². The van der Waals surface area contributed by atoms with Crippen LogP contribution in [-0.4, -0.2) is 69.5 Å². The van der Waals surface area contributed by atoms with Crippen LogP contribution in [0, 0.1) is 5.82 Å². The van der Waals surface area contributed by atoms with E-state index in [-0.39, 0.29) is 24.0 Å². The normalized spacial score (nSPS) is 26.3. The van der Waals surface area contributed by atoms with Gasteiger partial charge in [0.1, 0.15) is 5.82 Å².